The molecule has 0 aliphatic carbocycles. The van der Waals surface area contributed by atoms with Gasteiger partial charge in [-0.15, -0.1) is 0 Å². The van der Waals surface area contributed by atoms with Gasteiger partial charge in [0.05, 0.1) is 12.1 Å². The van der Waals surface area contributed by atoms with Gasteiger partial charge in [0.2, 0.25) is 5.91 Å². The van der Waals surface area contributed by atoms with Gasteiger partial charge in [-0.3, -0.25) is 9.69 Å². The van der Waals surface area contributed by atoms with Crippen molar-refractivity contribution in [2.75, 3.05) is 53.4 Å². The molecule has 0 saturated carbocycles. The fourth-order valence-corrected chi connectivity index (χ4v) is 3.36. The van der Waals surface area contributed by atoms with E-state index >= 15 is 0 Å². The Morgan fingerprint density at radius 2 is 1.91 bits per heavy atom. The van der Waals surface area contributed by atoms with E-state index in [2.05, 4.69) is 37.7 Å². The van der Waals surface area contributed by atoms with E-state index in [1.54, 1.807) is 0 Å². The lowest BCUT2D eigenvalue weighted by atomic mass is 9.99. The number of amides is 1. The van der Waals surface area contributed by atoms with Gasteiger partial charge in [-0.05, 0) is 52.7 Å². The van der Waals surface area contributed by atoms with Crippen molar-refractivity contribution in [2.24, 2.45) is 5.92 Å². The molecule has 0 aromatic rings. The van der Waals surface area contributed by atoms with Crippen molar-refractivity contribution in [3.8, 4) is 0 Å². The highest BCUT2D eigenvalue weighted by molar-refractivity contribution is 5.81. The highest BCUT2D eigenvalue weighted by Crippen LogP contribution is 2.21. The molecule has 1 amide bonds. The molecular weight excluding hydrogens is 278 g/mol. The van der Waals surface area contributed by atoms with Gasteiger partial charge in [-0.1, -0.05) is 6.92 Å². The topological polar surface area (TPSA) is 36.0 Å². The average Bonchev–Trinajstić information content (AvgIpc) is 2.47. The zero-order valence-corrected chi connectivity index (χ0v) is 14.8. The predicted molar refractivity (Wildman–Crippen MR) is 88.9 cm³/mol. The molecule has 1 atom stereocenters. The van der Waals surface area contributed by atoms with Crippen LogP contribution in [0, 0.1) is 5.92 Å². The van der Waals surface area contributed by atoms with Gasteiger partial charge < -0.3 is 14.5 Å². The van der Waals surface area contributed by atoms with E-state index in [9.17, 15) is 4.79 Å². The van der Waals surface area contributed by atoms with Crippen LogP contribution in [0.2, 0.25) is 0 Å². The van der Waals surface area contributed by atoms with Crippen molar-refractivity contribution >= 4 is 5.91 Å². The Morgan fingerprint density at radius 1 is 1.27 bits per heavy atom. The summed E-state index contributed by atoms with van der Waals surface area (Å²) in [5, 5.41) is 0. The maximum atomic E-state index is 12.5. The fourth-order valence-electron chi connectivity index (χ4n) is 3.36. The smallest absolute Gasteiger partial charge is 0.239 e. The van der Waals surface area contributed by atoms with Crippen LogP contribution in [0.4, 0.5) is 0 Å². The molecule has 0 aromatic heterocycles. The Labute approximate surface area is 135 Å². The van der Waals surface area contributed by atoms with E-state index in [1.807, 2.05) is 4.90 Å². The van der Waals surface area contributed by atoms with Crippen molar-refractivity contribution < 1.29 is 9.53 Å². The van der Waals surface area contributed by atoms with E-state index in [1.165, 1.54) is 0 Å². The number of carbonyl (C=O) groups excluding carboxylic acids is 1. The molecule has 0 aromatic carbocycles. The van der Waals surface area contributed by atoms with Gasteiger partial charge in [-0.2, -0.15) is 0 Å². The van der Waals surface area contributed by atoms with Crippen LogP contribution in [0.3, 0.4) is 0 Å². The molecule has 2 aliphatic heterocycles. The molecule has 2 aliphatic rings. The number of carbonyl (C=O) groups is 1. The number of hydrogen-bond acceptors (Lipinski definition) is 4. The fraction of sp³-hybridized carbons (Fsp3) is 0.941. The molecule has 2 saturated heterocycles. The third kappa shape index (κ3) is 4.93. The second kappa shape index (κ2) is 8.27. The molecule has 2 rings (SSSR count). The van der Waals surface area contributed by atoms with Crippen LogP contribution < -0.4 is 0 Å². The van der Waals surface area contributed by atoms with E-state index in [4.69, 9.17) is 4.74 Å². The highest BCUT2D eigenvalue weighted by Gasteiger charge is 2.34. The van der Waals surface area contributed by atoms with Crippen LogP contribution >= 0.6 is 0 Å². The summed E-state index contributed by atoms with van der Waals surface area (Å²) in [4.78, 5) is 19.0. The summed E-state index contributed by atoms with van der Waals surface area (Å²) in [6.45, 7) is 10.0. The van der Waals surface area contributed by atoms with Crippen molar-refractivity contribution in [3.05, 3.63) is 0 Å². The number of likely N-dealkylation sites (tertiary alicyclic amines) is 2. The van der Waals surface area contributed by atoms with Gasteiger partial charge in [0, 0.05) is 32.8 Å². The van der Waals surface area contributed by atoms with E-state index < -0.39 is 0 Å². The Bertz CT molecular complexity index is 348. The van der Waals surface area contributed by atoms with E-state index in [-0.39, 0.29) is 6.04 Å². The summed E-state index contributed by atoms with van der Waals surface area (Å²) < 4.78 is 5.94. The maximum absolute atomic E-state index is 12.5. The van der Waals surface area contributed by atoms with Crippen molar-refractivity contribution in [1.82, 2.24) is 14.7 Å². The first-order valence-electron chi connectivity index (χ1n) is 8.76. The third-order valence-corrected chi connectivity index (χ3v) is 4.85. The van der Waals surface area contributed by atoms with Crippen LogP contribution in [0.15, 0.2) is 0 Å². The second-order valence-electron chi connectivity index (χ2n) is 7.29. The summed E-state index contributed by atoms with van der Waals surface area (Å²) >= 11 is 0. The zero-order valence-electron chi connectivity index (χ0n) is 14.8. The maximum Gasteiger partial charge on any atom is 0.239 e. The first kappa shape index (κ1) is 17.7. The summed E-state index contributed by atoms with van der Waals surface area (Å²) in [6.07, 6.45) is 3.38. The average molecular weight is 311 g/mol. The minimum Gasteiger partial charge on any atom is -0.378 e. The lowest BCUT2D eigenvalue weighted by molar-refractivity contribution is -0.141. The first-order chi connectivity index (χ1) is 10.5. The standard InChI is InChI=1S/C17H33N3O2/c1-14-12-20(13-14)15(2)17(21)19-9-6-16(7-10-19)22-11-5-8-18(3)4/h14-16H,5-13H2,1-4H3. The van der Waals surface area contributed by atoms with E-state index in [0.29, 0.717) is 12.0 Å². The number of ether oxygens (including phenoxy) is 1. The first-order valence-corrected chi connectivity index (χ1v) is 8.76. The summed E-state index contributed by atoms with van der Waals surface area (Å²) in [5.74, 6) is 1.05. The molecule has 0 radical (unpaired) electrons. The van der Waals surface area contributed by atoms with Crippen LogP contribution in [0.1, 0.15) is 33.1 Å². The number of rotatable bonds is 7. The molecule has 2 fully saturated rings. The third-order valence-electron chi connectivity index (χ3n) is 4.85. The molecule has 22 heavy (non-hydrogen) atoms. The van der Waals surface area contributed by atoms with Crippen molar-refractivity contribution in [3.63, 3.8) is 0 Å². The summed E-state index contributed by atoms with van der Waals surface area (Å²) in [6, 6.07) is 0.0498. The number of piperidine rings is 1. The Morgan fingerprint density at radius 3 is 2.45 bits per heavy atom. The van der Waals surface area contributed by atoms with Gasteiger partial charge in [0.1, 0.15) is 0 Å². The van der Waals surface area contributed by atoms with E-state index in [0.717, 1.165) is 64.5 Å². The quantitative estimate of drug-likeness (QED) is 0.664. The molecule has 0 spiro atoms. The molecule has 0 bridgehead atoms. The van der Waals surface area contributed by atoms with Crippen molar-refractivity contribution in [1.29, 1.82) is 0 Å². The lowest BCUT2D eigenvalue weighted by Crippen LogP contribution is -2.57. The summed E-state index contributed by atoms with van der Waals surface area (Å²) in [5.41, 5.74) is 0. The minimum atomic E-state index is 0.0498. The van der Waals surface area contributed by atoms with Gasteiger partial charge in [-0.25, -0.2) is 0 Å². The number of hydrogen-bond donors (Lipinski definition) is 0. The largest absolute Gasteiger partial charge is 0.378 e. The lowest BCUT2D eigenvalue weighted by Gasteiger charge is -2.43. The monoisotopic (exact) mass is 311 g/mol. The minimum absolute atomic E-state index is 0.0498. The van der Waals surface area contributed by atoms with Crippen LogP contribution in [0.5, 0.6) is 0 Å². The Balaban J connectivity index is 1.63. The molecule has 1 unspecified atom stereocenters. The Kier molecular flexibility index (Phi) is 6.66. The summed E-state index contributed by atoms with van der Waals surface area (Å²) in [7, 11) is 4.17. The predicted octanol–water partition coefficient (Wildman–Crippen LogP) is 1.29. The number of nitrogens with zero attached hydrogens (tertiary/aromatic N) is 3. The normalized spacial score (nSPS) is 22.9. The second-order valence-corrected chi connectivity index (χ2v) is 7.29. The van der Waals surface area contributed by atoms with Gasteiger partial charge in [0.15, 0.2) is 0 Å². The molecule has 5 heteroatoms. The zero-order chi connectivity index (χ0) is 16.1. The van der Waals surface area contributed by atoms with Gasteiger partial charge >= 0.3 is 0 Å². The van der Waals surface area contributed by atoms with Gasteiger partial charge in [0.25, 0.3) is 0 Å². The molecule has 0 N–H and O–H groups in total. The SMILES string of the molecule is CC1CN(C(C)C(=O)N2CCC(OCCCN(C)C)CC2)C1. The molecule has 2 heterocycles. The Hall–Kier alpha value is -0.650. The molecule has 128 valence electrons. The molecule has 5 nitrogen and oxygen atoms in total. The van der Waals surface area contributed by atoms with Crippen LogP contribution in [-0.4, -0.2) is 86.2 Å². The highest BCUT2D eigenvalue weighted by atomic mass is 16.5. The van der Waals surface area contributed by atoms with Crippen molar-refractivity contribution in [2.45, 2.75) is 45.3 Å². The van der Waals surface area contributed by atoms with Crippen LogP contribution in [0.25, 0.3) is 0 Å². The molecular formula is C17H33N3O2. The van der Waals surface area contributed by atoms with Crippen LogP contribution in [-0.2, 0) is 9.53 Å².